The van der Waals surface area contributed by atoms with Crippen LogP contribution in [0.5, 0.6) is 0 Å². The van der Waals surface area contributed by atoms with Crippen LogP contribution in [0.3, 0.4) is 0 Å². The lowest BCUT2D eigenvalue weighted by atomic mass is 9.98. The molecule has 3 aromatic rings. The number of nitrogens with one attached hydrogen (secondary N) is 2. The highest BCUT2D eigenvalue weighted by atomic mass is 15.0. The number of pyridine rings is 1. The van der Waals surface area contributed by atoms with Gasteiger partial charge >= 0.3 is 0 Å². The average molecular weight is 365 g/mol. The zero-order valence-corrected chi connectivity index (χ0v) is 17.0. The number of H-pyrrole nitrogens is 1. The highest BCUT2D eigenvalue weighted by Crippen LogP contribution is 2.33. The summed E-state index contributed by atoms with van der Waals surface area (Å²) in [6.45, 7) is 10.1. The van der Waals surface area contributed by atoms with Crippen molar-refractivity contribution in [3.63, 3.8) is 0 Å². The Hall–Kier alpha value is -2.46. The lowest BCUT2D eigenvalue weighted by Gasteiger charge is -2.20. The zero-order chi connectivity index (χ0) is 19.5. The molecule has 1 aliphatic heterocycles. The Labute approximate surface area is 163 Å². The van der Waals surface area contributed by atoms with E-state index in [2.05, 4.69) is 39.6 Å². The van der Waals surface area contributed by atoms with E-state index in [0.29, 0.717) is 5.92 Å². The van der Waals surface area contributed by atoms with E-state index in [9.17, 15) is 0 Å². The van der Waals surface area contributed by atoms with E-state index in [4.69, 9.17) is 4.98 Å². The fourth-order valence-corrected chi connectivity index (χ4v) is 3.21. The van der Waals surface area contributed by atoms with Crippen LogP contribution in [0.2, 0.25) is 0 Å². The molecule has 4 heteroatoms. The van der Waals surface area contributed by atoms with Gasteiger partial charge in [0.2, 0.25) is 0 Å². The highest BCUT2D eigenvalue weighted by molar-refractivity contribution is 5.78. The third-order valence-corrected chi connectivity index (χ3v) is 4.46. The second-order valence-electron chi connectivity index (χ2n) is 5.97. The molecule has 144 valence electrons. The summed E-state index contributed by atoms with van der Waals surface area (Å²) in [5, 5.41) is 3.42. The number of aromatic amines is 1. The van der Waals surface area contributed by atoms with E-state index in [0.717, 1.165) is 54.3 Å². The van der Waals surface area contributed by atoms with Crippen LogP contribution in [0.4, 0.5) is 0 Å². The van der Waals surface area contributed by atoms with Gasteiger partial charge < -0.3 is 10.3 Å². The molecule has 0 saturated carbocycles. The van der Waals surface area contributed by atoms with Crippen molar-refractivity contribution < 1.29 is 0 Å². The van der Waals surface area contributed by atoms with E-state index in [-0.39, 0.29) is 0 Å². The van der Waals surface area contributed by atoms with Gasteiger partial charge in [-0.2, -0.15) is 0 Å². The third-order valence-electron chi connectivity index (χ3n) is 4.46. The fraction of sp³-hybridized carbons (Fsp3) is 0.391. The number of aromatic nitrogens is 3. The molecule has 0 atom stereocenters. The van der Waals surface area contributed by atoms with Crippen LogP contribution in [-0.4, -0.2) is 28.0 Å². The van der Waals surface area contributed by atoms with Crippen molar-refractivity contribution in [1.29, 1.82) is 0 Å². The molecule has 0 bridgehead atoms. The van der Waals surface area contributed by atoms with Gasteiger partial charge in [-0.25, -0.2) is 4.98 Å². The minimum absolute atomic E-state index is 0.509. The first-order chi connectivity index (χ1) is 13.4. The summed E-state index contributed by atoms with van der Waals surface area (Å²) in [6, 6.07) is 14.5. The van der Waals surface area contributed by atoms with Gasteiger partial charge in [0.25, 0.3) is 0 Å². The van der Waals surface area contributed by atoms with Crippen LogP contribution in [0, 0.1) is 0 Å². The standard InChI is InChI=1S/C19H20N4.2C2H6/c1-2-4-14(5-3-1)17-18(15-6-10-20-11-7-15)23-19(22-17)16-8-12-21-13-9-16;2*1-2/h1-7,10-11,16,21H,8-9,12-13H2,(H,22,23);2*1-2H3. The number of hydrogen-bond donors (Lipinski definition) is 2. The second-order valence-corrected chi connectivity index (χ2v) is 5.97. The lowest BCUT2D eigenvalue weighted by molar-refractivity contribution is 0.447. The summed E-state index contributed by atoms with van der Waals surface area (Å²) >= 11 is 0. The normalized spacial score (nSPS) is 13.8. The van der Waals surface area contributed by atoms with Crippen LogP contribution in [0.15, 0.2) is 54.9 Å². The first kappa shape index (κ1) is 20.8. The molecule has 4 nitrogen and oxygen atoms in total. The highest BCUT2D eigenvalue weighted by Gasteiger charge is 2.21. The lowest BCUT2D eigenvalue weighted by Crippen LogP contribution is -2.27. The van der Waals surface area contributed by atoms with Gasteiger partial charge in [-0.3, -0.25) is 4.98 Å². The Morgan fingerprint density at radius 1 is 0.815 bits per heavy atom. The van der Waals surface area contributed by atoms with Crippen LogP contribution in [0.1, 0.15) is 52.3 Å². The molecule has 0 spiro atoms. The predicted molar refractivity (Wildman–Crippen MR) is 115 cm³/mol. The molecule has 0 aliphatic carbocycles. The van der Waals surface area contributed by atoms with E-state index >= 15 is 0 Å². The fourth-order valence-electron chi connectivity index (χ4n) is 3.21. The molecule has 1 aliphatic rings. The Kier molecular flexibility index (Phi) is 8.72. The van der Waals surface area contributed by atoms with Crippen LogP contribution < -0.4 is 5.32 Å². The molecule has 1 fully saturated rings. The van der Waals surface area contributed by atoms with Crippen molar-refractivity contribution in [2.24, 2.45) is 0 Å². The summed E-state index contributed by atoms with van der Waals surface area (Å²) in [4.78, 5) is 12.7. The molecule has 1 saturated heterocycles. The van der Waals surface area contributed by atoms with Crippen LogP contribution >= 0.6 is 0 Å². The smallest absolute Gasteiger partial charge is 0.110 e. The van der Waals surface area contributed by atoms with Crippen molar-refractivity contribution in [1.82, 2.24) is 20.3 Å². The quantitative estimate of drug-likeness (QED) is 0.630. The van der Waals surface area contributed by atoms with Gasteiger partial charge in [0, 0.05) is 29.4 Å². The maximum atomic E-state index is 4.98. The van der Waals surface area contributed by atoms with Gasteiger partial charge in [0.05, 0.1) is 11.4 Å². The minimum atomic E-state index is 0.509. The van der Waals surface area contributed by atoms with Crippen molar-refractivity contribution in [3.8, 4) is 22.5 Å². The Morgan fingerprint density at radius 3 is 2.07 bits per heavy atom. The molecule has 0 amide bonds. The number of rotatable bonds is 3. The summed E-state index contributed by atoms with van der Waals surface area (Å²) in [7, 11) is 0. The number of nitrogens with zero attached hydrogens (tertiary/aromatic N) is 2. The maximum Gasteiger partial charge on any atom is 0.110 e. The largest absolute Gasteiger partial charge is 0.341 e. The topological polar surface area (TPSA) is 53.6 Å². The Morgan fingerprint density at radius 2 is 1.44 bits per heavy atom. The van der Waals surface area contributed by atoms with Crippen LogP contribution in [0.25, 0.3) is 22.5 Å². The molecular weight excluding hydrogens is 332 g/mol. The van der Waals surface area contributed by atoms with Crippen molar-refractivity contribution in [2.45, 2.75) is 46.5 Å². The van der Waals surface area contributed by atoms with Crippen molar-refractivity contribution in [2.75, 3.05) is 13.1 Å². The molecule has 1 aromatic carbocycles. The summed E-state index contributed by atoms with van der Waals surface area (Å²) in [5.74, 6) is 1.62. The average Bonchev–Trinajstić information content (AvgIpc) is 3.24. The molecule has 4 rings (SSSR count). The monoisotopic (exact) mass is 364 g/mol. The number of hydrogen-bond acceptors (Lipinski definition) is 3. The SMILES string of the molecule is CC.CC.c1ccc(-c2nc(C3CCNCC3)[nH]c2-c2ccncc2)cc1. The van der Waals surface area contributed by atoms with Gasteiger partial charge in [0.1, 0.15) is 5.82 Å². The van der Waals surface area contributed by atoms with Crippen LogP contribution in [-0.2, 0) is 0 Å². The van der Waals surface area contributed by atoms with Gasteiger partial charge in [-0.05, 0) is 38.1 Å². The van der Waals surface area contributed by atoms with E-state index in [1.165, 1.54) is 0 Å². The van der Waals surface area contributed by atoms with Gasteiger partial charge in [0.15, 0.2) is 0 Å². The van der Waals surface area contributed by atoms with E-state index in [1.54, 1.807) is 0 Å². The molecule has 0 radical (unpaired) electrons. The molecule has 0 unspecified atom stereocenters. The van der Waals surface area contributed by atoms with Gasteiger partial charge in [-0.1, -0.05) is 58.0 Å². The van der Waals surface area contributed by atoms with E-state index < -0.39 is 0 Å². The molecule has 3 heterocycles. The predicted octanol–water partition coefficient (Wildman–Crippen LogP) is 5.66. The second kappa shape index (κ2) is 11.3. The Balaban J connectivity index is 0.000000614. The maximum absolute atomic E-state index is 4.98. The van der Waals surface area contributed by atoms with Gasteiger partial charge in [-0.15, -0.1) is 0 Å². The summed E-state index contributed by atoms with van der Waals surface area (Å²) < 4.78 is 0. The van der Waals surface area contributed by atoms with Crippen molar-refractivity contribution >= 4 is 0 Å². The van der Waals surface area contributed by atoms with Crippen molar-refractivity contribution in [3.05, 3.63) is 60.7 Å². The first-order valence-corrected chi connectivity index (χ1v) is 10.2. The first-order valence-electron chi connectivity index (χ1n) is 10.2. The van der Waals surface area contributed by atoms with E-state index in [1.807, 2.05) is 58.3 Å². The summed E-state index contributed by atoms with van der Waals surface area (Å²) in [6.07, 6.45) is 5.93. The summed E-state index contributed by atoms with van der Waals surface area (Å²) in [5.41, 5.74) is 4.40. The molecule has 27 heavy (non-hydrogen) atoms. The number of piperidine rings is 1. The number of imidazole rings is 1. The third kappa shape index (κ3) is 5.27. The minimum Gasteiger partial charge on any atom is -0.341 e. The zero-order valence-electron chi connectivity index (χ0n) is 17.0. The number of benzene rings is 1. The Bertz CT molecular complexity index is 703. The molecule has 2 N–H and O–H groups in total. The molecule has 2 aromatic heterocycles. The molecular formula is C23H32N4.